The van der Waals surface area contributed by atoms with E-state index < -0.39 is 0 Å². The molecule has 2 rings (SSSR count). The number of anilines is 1. The van der Waals surface area contributed by atoms with Crippen LogP contribution in [0.25, 0.3) is 10.6 Å². The summed E-state index contributed by atoms with van der Waals surface area (Å²) in [6.07, 6.45) is 4.23. The Labute approximate surface area is 136 Å². The van der Waals surface area contributed by atoms with Gasteiger partial charge in [0.2, 0.25) is 5.91 Å². The van der Waals surface area contributed by atoms with Crippen molar-refractivity contribution in [3.05, 3.63) is 34.5 Å². The Morgan fingerprint density at radius 3 is 2.95 bits per heavy atom. The van der Waals surface area contributed by atoms with Crippen LogP contribution in [0.1, 0.15) is 18.2 Å². The highest BCUT2D eigenvalue weighted by Crippen LogP contribution is 2.31. The number of hydrogen-bond acceptors (Lipinski definition) is 6. The maximum absolute atomic E-state index is 11.6. The number of rotatable bonds is 6. The second-order valence-electron chi connectivity index (χ2n) is 4.38. The lowest BCUT2D eigenvalue weighted by molar-refractivity contribution is -0.139. The molecule has 0 fully saturated rings. The van der Waals surface area contributed by atoms with E-state index >= 15 is 0 Å². The summed E-state index contributed by atoms with van der Waals surface area (Å²) >= 11 is 2.88. The van der Waals surface area contributed by atoms with Gasteiger partial charge in [0.25, 0.3) is 0 Å². The van der Waals surface area contributed by atoms with Crippen molar-refractivity contribution in [2.24, 2.45) is 0 Å². The molecule has 0 bridgehead atoms. The monoisotopic (exact) mass is 336 g/mol. The first-order valence-corrected chi connectivity index (χ1v) is 8.34. The zero-order chi connectivity index (χ0) is 15.9. The predicted molar refractivity (Wildman–Crippen MR) is 89.2 cm³/mol. The van der Waals surface area contributed by atoms with Gasteiger partial charge in [0.15, 0.2) is 5.13 Å². The van der Waals surface area contributed by atoms with Crippen LogP contribution in [0, 0.1) is 0 Å². The van der Waals surface area contributed by atoms with Crippen molar-refractivity contribution in [3.8, 4) is 10.6 Å². The van der Waals surface area contributed by atoms with Gasteiger partial charge >= 0.3 is 5.97 Å². The number of methoxy groups -OCH3 is 1. The van der Waals surface area contributed by atoms with Gasteiger partial charge in [-0.25, -0.2) is 4.98 Å². The molecule has 1 amide bonds. The molecule has 0 atom stereocenters. The number of allylic oxidation sites excluding steroid dienone is 1. The van der Waals surface area contributed by atoms with Crippen molar-refractivity contribution < 1.29 is 14.3 Å². The number of nitrogens with zero attached hydrogens (tertiary/aromatic N) is 1. The standard InChI is InChI=1S/C15H16N2O3S2/c1-3-4-5-13(18)17-15-16-11(9-21-15)12-7-6-10(22-12)8-14(19)20-2/h3-4,6-7,9H,5,8H2,1-2H3,(H,16,17,18)/b4-3+. The van der Waals surface area contributed by atoms with Crippen molar-refractivity contribution in [2.75, 3.05) is 12.4 Å². The van der Waals surface area contributed by atoms with E-state index in [4.69, 9.17) is 0 Å². The molecule has 116 valence electrons. The molecule has 0 aliphatic carbocycles. The van der Waals surface area contributed by atoms with Crippen LogP contribution >= 0.6 is 22.7 Å². The van der Waals surface area contributed by atoms with E-state index in [1.165, 1.54) is 29.8 Å². The molecule has 0 radical (unpaired) electrons. The highest BCUT2D eigenvalue weighted by Gasteiger charge is 2.11. The molecule has 2 aromatic heterocycles. The minimum absolute atomic E-state index is 0.0865. The number of nitrogens with one attached hydrogen (secondary N) is 1. The van der Waals surface area contributed by atoms with E-state index in [0.717, 1.165) is 15.4 Å². The summed E-state index contributed by atoms with van der Waals surface area (Å²) in [5, 5.41) is 5.23. The molecule has 0 aromatic carbocycles. The van der Waals surface area contributed by atoms with E-state index in [9.17, 15) is 9.59 Å². The first-order chi connectivity index (χ1) is 10.6. The highest BCUT2D eigenvalue weighted by molar-refractivity contribution is 7.17. The summed E-state index contributed by atoms with van der Waals surface area (Å²) < 4.78 is 4.65. The van der Waals surface area contributed by atoms with Crippen molar-refractivity contribution in [3.63, 3.8) is 0 Å². The number of thiazole rings is 1. The van der Waals surface area contributed by atoms with E-state index in [1.54, 1.807) is 6.08 Å². The van der Waals surface area contributed by atoms with Crippen molar-refractivity contribution >= 4 is 39.7 Å². The SMILES string of the molecule is C/C=C/CC(=O)Nc1nc(-c2ccc(CC(=O)OC)s2)cs1. The van der Waals surface area contributed by atoms with Crippen LogP contribution in [0.3, 0.4) is 0 Å². The average Bonchev–Trinajstić information content (AvgIpc) is 3.14. The van der Waals surface area contributed by atoms with Crippen LogP contribution < -0.4 is 5.32 Å². The summed E-state index contributed by atoms with van der Waals surface area (Å²) in [5.74, 6) is -0.347. The largest absolute Gasteiger partial charge is 0.469 e. The van der Waals surface area contributed by atoms with Gasteiger partial charge in [-0.15, -0.1) is 22.7 Å². The Morgan fingerprint density at radius 1 is 1.41 bits per heavy atom. The van der Waals surface area contributed by atoms with Crippen molar-refractivity contribution in [1.82, 2.24) is 4.98 Å². The van der Waals surface area contributed by atoms with E-state index in [-0.39, 0.29) is 18.3 Å². The molecular formula is C15H16N2O3S2. The first-order valence-electron chi connectivity index (χ1n) is 6.64. The van der Waals surface area contributed by atoms with Gasteiger partial charge in [0, 0.05) is 16.7 Å². The normalized spacial score (nSPS) is 10.8. The number of aromatic nitrogens is 1. The Hall–Kier alpha value is -1.99. The molecule has 2 aromatic rings. The molecule has 0 saturated carbocycles. The molecule has 0 unspecified atom stereocenters. The van der Waals surface area contributed by atoms with Crippen LogP contribution in [0.2, 0.25) is 0 Å². The Kier molecular flexibility index (Phi) is 5.85. The van der Waals surface area contributed by atoms with Gasteiger partial charge in [0.1, 0.15) is 0 Å². The van der Waals surface area contributed by atoms with Crippen LogP contribution in [0.5, 0.6) is 0 Å². The van der Waals surface area contributed by atoms with Gasteiger partial charge in [-0.05, 0) is 19.1 Å². The summed E-state index contributed by atoms with van der Waals surface area (Å²) in [4.78, 5) is 29.2. The van der Waals surface area contributed by atoms with E-state index in [1.807, 2.05) is 30.5 Å². The van der Waals surface area contributed by atoms with Gasteiger partial charge < -0.3 is 10.1 Å². The molecule has 22 heavy (non-hydrogen) atoms. The lowest BCUT2D eigenvalue weighted by Gasteiger charge is -1.97. The number of ether oxygens (including phenoxy) is 1. The summed E-state index contributed by atoms with van der Waals surface area (Å²) in [6, 6.07) is 3.81. The number of carbonyl (C=O) groups is 2. The molecule has 0 aliphatic heterocycles. The third kappa shape index (κ3) is 4.51. The maximum Gasteiger partial charge on any atom is 0.310 e. The third-order valence-electron chi connectivity index (χ3n) is 2.75. The zero-order valence-electron chi connectivity index (χ0n) is 12.3. The summed E-state index contributed by atoms with van der Waals surface area (Å²) in [7, 11) is 1.37. The minimum atomic E-state index is -0.261. The number of hydrogen-bond donors (Lipinski definition) is 1. The second-order valence-corrected chi connectivity index (χ2v) is 6.40. The number of amides is 1. The number of esters is 1. The molecule has 7 heteroatoms. The van der Waals surface area contributed by atoms with Crippen molar-refractivity contribution in [2.45, 2.75) is 19.8 Å². The number of thiophene rings is 1. The Morgan fingerprint density at radius 2 is 2.23 bits per heavy atom. The topological polar surface area (TPSA) is 68.3 Å². The molecule has 5 nitrogen and oxygen atoms in total. The lowest BCUT2D eigenvalue weighted by Crippen LogP contribution is -2.09. The van der Waals surface area contributed by atoms with Crippen LogP contribution in [-0.2, 0) is 20.7 Å². The maximum atomic E-state index is 11.6. The van der Waals surface area contributed by atoms with Crippen LogP contribution in [-0.4, -0.2) is 24.0 Å². The molecular weight excluding hydrogens is 320 g/mol. The number of carbonyl (C=O) groups excluding carboxylic acids is 2. The van der Waals surface area contributed by atoms with Crippen molar-refractivity contribution in [1.29, 1.82) is 0 Å². The summed E-state index contributed by atoms with van der Waals surface area (Å²) in [5.41, 5.74) is 0.799. The van der Waals surface area contributed by atoms with Gasteiger partial charge in [-0.1, -0.05) is 12.2 Å². The second kappa shape index (κ2) is 7.86. The fourth-order valence-electron chi connectivity index (χ4n) is 1.66. The highest BCUT2D eigenvalue weighted by atomic mass is 32.1. The fraction of sp³-hybridized carbons (Fsp3) is 0.267. The first kappa shape index (κ1) is 16.4. The van der Waals surface area contributed by atoms with Gasteiger partial charge in [0.05, 0.1) is 24.1 Å². The molecule has 2 heterocycles. The molecule has 0 spiro atoms. The van der Waals surface area contributed by atoms with E-state index in [2.05, 4.69) is 15.0 Å². The molecule has 1 N–H and O–H groups in total. The third-order valence-corrected chi connectivity index (χ3v) is 4.62. The smallest absolute Gasteiger partial charge is 0.310 e. The van der Waals surface area contributed by atoms with Crippen LogP contribution in [0.4, 0.5) is 5.13 Å². The predicted octanol–water partition coefficient (Wildman–Crippen LogP) is 3.49. The Balaban J connectivity index is 2.02. The lowest BCUT2D eigenvalue weighted by atomic mass is 10.3. The fourth-order valence-corrected chi connectivity index (χ4v) is 3.42. The van der Waals surface area contributed by atoms with E-state index in [0.29, 0.717) is 11.6 Å². The minimum Gasteiger partial charge on any atom is -0.469 e. The average molecular weight is 336 g/mol. The summed E-state index contributed by atoms with van der Waals surface area (Å²) in [6.45, 7) is 1.87. The molecule has 0 saturated heterocycles. The van der Waals surface area contributed by atoms with Gasteiger partial charge in [-0.2, -0.15) is 0 Å². The Bertz CT molecular complexity index is 689. The van der Waals surface area contributed by atoms with Crippen LogP contribution in [0.15, 0.2) is 29.7 Å². The zero-order valence-corrected chi connectivity index (χ0v) is 13.9. The van der Waals surface area contributed by atoms with Gasteiger partial charge in [-0.3, -0.25) is 9.59 Å². The molecule has 0 aliphatic rings. The quantitative estimate of drug-likeness (QED) is 0.647.